The van der Waals surface area contributed by atoms with Gasteiger partial charge in [0.05, 0.1) is 41.5 Å². The first-order valence-corrected chi connectivity index (χ1v) is 26.7. The lowest BCUT2D eigenvalue weighted by Gasteiger charge is -2.41. The number of ketones is 1. The van der Waals surface area contributed by atoms with Crippen LogP contribution in [0.5, 0.6) is 0 Å². The second kappa shape index (κ2) is 22.9. The van der Waals surface area contributed by atoms with E-state index in [0.29, 0.717) is 42.8 Å². The molecule has 6 aliphatic rings. The molecular weight excluding hydrogens is 984 g/mol. The topological polar surface area (TPSA) is 227 Å². The Kier molecular flexibility index (Phi) is 17.5. The van der Waals surface area contributed by atoms with E-state index in [-0.39, 0.29) is 105 Å². The molecule has 398 valence electrons. The maximum Gasteiger partial charge on any atom is 0.328 e. The number of halogens is 1. The Labute approximate surface area is 435 Å². The summed E-state index contributed by atoms with van der Waals surface area (Å²) in [6, 6.07) is 2.65. The van der Waals surface area contributed by atoms with Gasteiger partial charge in [-0.3, -0.25) is 48.2 Å². The highest BCUT2D eigenvalue weighted by atomic mass is 35.5. The van der Waals surface area contributed by atoms with Gasteiger partial charge < -0.3 is 33.9 Å². The fourth-order valence-electron chi connectivity index (χ4n) is 11.0. The molecule has 73 heavy (non-hydrogen) atoms. The quantitative estimate of drug-likeness (QED) is 0.158. The number of benzene rings is 1. The molecule has 20 heteroatoms. The molecule has 4 saturated heterocycles. The van der Waals surface area contributed by atoms with Crippen LogP contribution >= 0.6 is 23.4 Å². The molecule has 18 nitrogen and oxygen atoms in total. The zero-order chi connectivity index (χ0) is 53.3. The molecule has 1 N–H and O–H groups in total. The average molecular weight is 1050 g/mol. The van der Waals surface area contributed by atoms with E-state index >= 15 is 0 Å². The standard InChI is InChI=1S/C53H69ClN4O14S/c1-29-10-9-11-40(69-8)53(68)25-38(70-47(65)26-53)31(3)49-52(5,72-49)41(24-45(63)56(7)36-22-34(20-29)21-30(2)48(36)54)71-51(67)32(4)55(6)42(60)18-19-73-39-23-46(64)58(50(39)66)27-33-12-14-35(15-13-33)37(59)28-57-43(61)16-17-44(57)62/h9-11,21-22,31-33,35,38-41,49,68H,12-20,23-28H2,1-8H3/b11-9+,29-10+/t31-,32+,33?,35?,38+,39?,40-,41+,49+,52+,53-/m1/s1. The number of likely N-dealkylation sites (N-methyl/N-ethyl adjacent to an activating group) is 1. The van der Waals surface area contributed by atoms with Crippen molar-refractivity contribution in [3.8, 4) is 0 Å². The largest absolute Gasteiger partial charge is 0.462 e. The predicted octanol–water partition coefficient (Wildman–Crippen LogP) is 4.84. The second-order valence-corrected chi connectivity index (χ2v) is 22.7. The van der Waals surface area contributed by atoms with E-state index in [1.807, 2.05) is 32.1 Å². The van der Waals surface area contributed by atoms with Crippen molar-refractivity contribution in [2.24, 2.45) is 17.8 Å². The molecule has 0 aromatic heterocycles. The van der Waals surface area contributed by atoms with Crippen LogP contribution in [0.15, 0.2) is 35.9 Å². The van der Waals surface area contributed by atoms with Gasteiger partial charge in [0.1, 0.15) is 35.6 Å². The van der Waals surface area contributed by atoms with E-state index in [0.717, 1.165) is 21.6 Å². The molecule has 0 spiro atoms. The van der Waals surface area contributed by atoms with Crippen LogP contribution in [-0.2, 0) is 68.5 Å². The fourth-order valence-corrected chi connectivity index (χ4v) is 12.3. The van der Waals surface area contributed by atoms with Gasteiger partial charge in [-0.2, -0.15) is 0 Å². The van der Waals surface area contributed by atoms with Gasteiger partial charge in [0, 0.05) is 77.4 Å². The number of rotatable bonds is 13. The van der Waals surface area contributed by atoms with Crippen LogP contribution in [0.25, 0.3) is 0 Å². The first-order chi connectivity index (χ1) is 34.4. The van der Waals surface area contributed by atoms with Gasteiger partial charge in [0.25, 0.3) is 0 Å². The van der Waals surface area contributed by atoms with Crippen LogP contribution in [-0.4, -0.2) is 160 Å². The number of hydrogen-bond acceptors (Lipinski definition) is 15. The molecule has 4 bridgehead atoms. The summed E-state index contributed by atoms with van der Waals surface area (Å²) < 4.78 is 24.0. The third-order valence-electron chi connectivity index (χ3n) is 15.8. The summed E-state index contributed by atoms with van der Waals surface area (Å²) in [5, 5.41) is 11.6. The van der Waals surface area contributed by atoms with Crippen LogP contribution in [0.4, 0.5) is 5.69 Å². The number of nitrogens with zero attached hydrogens (tertiary/aromatic N) is 4. The van der Waals surface area contributed by atoms with Crippen molar-refractivity contribution in [3.05, 3.63) is 52.1 Å². The van der Waals surface area contributed by atoms with E-state index < -0.39 is 76.6 Å². The number of hydrogen-bond donors (Lipinski definition) is 1. The van der Waals surface area contributed by atoms with Gasteiger partial charge in [-0.05, 0) is 82.9 Å². The van der Waals surface area contributed by atoms with E-state index in [1.54, 1.807) is 33.0 Å². The number of Topliss-reactive ketones (excluding diaryl/α,β-unsaturated/α-hetero) is 1. The van der Waals surface area contributed by atoms with Crippen LogP contribution in [0, 0.1) is 24.7 Å². The molecular formula is C53H69ClN4O14S. The van der Waals surface area contributed by atoms with Crippen LogP contribution in [0.1, 0.15) is 109 Å². The number of ether oxygens (including phenoxy) is 4. The normalized spacial score (nSPS) is 32.7. The van der Waals surface area contributed by atoms with E-state index in [9.17, 15) is 48.3 Å². The number of carbonyl (C=O) groups is 9. The maximum atomic E-state index is 14.3. The zero-order valence-corrected chi connectivity index (χ0v) is 44.6. The SMILES string of the molecule is CO[C@@H]1/C=C/C=C(\C)Cc2cc(C)c(Cl)c(c2)N(C)C(=O)C[C@H](OC(=O)[C@H](C)N(C)C(=O)CCSC2CC(=O)N(CC3CCC(C(=O)CN4C(=O)CCC4=O)CC3)C2=O)[C@]2(C)O[C@H]2[C@H](C)[C@@H]2C[C@@]1(O)CC(=O)O2. The number of esters is 2. The Balaban J connectivity index is 0.977. The van der Waals surface area contributed by atoms with Gasteiger partial charge in [0.2, 0.25) is 35.4 Å². The van der Waals surface area contributed by atoms with Crippen LogP contribution in [0.3, 0.4) is 0 Å². The Morgan fingerprint density at radius 3 is 2.34 bits per heavy atom. The van der Waals surface area contributed by atoms with Crippen molar-refractivity contribution in [3.63, 3.8) is 0 Å². The summed E-state index contributed by atoms with van der Waals surface area (Å²) in [6.07, 6.45) is 4.17. The number of aliphatic hydroxyl groups is 1. The summed E-state index contributed by atoms with van der Waals surface area (Å²) in [5.41, 5.74) is 0.158. The van der Waals surface area contributed by atoms with Crippen molar-refractivity contribution >= 4 is 82.2 Å². The monoisotopic (exact) mass is 1050 g/mol. The lowest BCUT2D eigenvalue weighted by molar-refractivity contribution is -0.187. The highest BCUT2D eigenvalue weighted by molar-refractivity contribution is 8.00. The van der Waals surface area contributed by atoms with Crippen LogP contribution in [0.2, 0.25) is 5.02 Å². The number of thioether (sulfide) groups is 1. The van der Waals surface area contributed by atoms with Gasteiger partial charge in [-0.15, -0.1) is 11.8 Å². The third kappa shape index (κ3) is 12.4. The van der Waals surface area contributed by atoms with Crippen molar-refractivity contribution in [2.45, 2.75) is 159 Å². The number of aryl methyl sites for hydroxylation is 1. The summed E-state index contributed by atoms with van der Waals surface area (Å²) in [7, 11) is 4.51. The molecule has 5 heterocycles. The zero-order valence-electron chi connectivity index (χ0n) is 43.0. The number of fused-ring (bicyclic) bond motifs is 5. The van der Waals surface area contributed by atoms with Gasteiger partial charge in [-0.25, -0.2) is 4.79 Å². The fraction of sp³-hybridized carbons (Fsp3) is 0.642. The number of amides is 6. The van der Waals surface area contributed by atoms with Gasteiger partial charge >= 0.3 is 11.9 Å². The first-order valence-electron chi connectivity index (χ1n) is 25.2. The molecule has 5 fully saturated rings. The lowest BCUT2D eigenvalue weighted by atomic mass is 9.78. The van der Waals surface area contributed by atoms with Gasteiger partial charge in [-0.1, -0.05) is 48.4 Å². The molecule has 1 saturated carbocycles. The molecule has 0 radical (unpaired) electrons. The highest BCUT2D eigenvalue weighted by Crippen LogP contribution is 2.50. The number of carbonyl (C=O) groups excluding carboxylic acids is 9. The minimum atomic E-state index is -1.62. The van der Waals surface area contributed by atoms with E-state index in [2.05, 4.69) is 0 Å². The number of likely N-dealkylation sites (tertiary alicyclic amines) is 2. The molecule has 1 aromatic rings. The third-order valence-corrected chi connectivity index (χ3v) is 17.5. The number of methoxy groups -OCH3 is 1. The first kappa shape index (κ1) is 55.8. The molecule has 7 rings (SSSR count). The Morgan fingerprint density at radius 2 is 1.67 bits per heavy atom. The molecule has 1 unspecified atom stereocenters. The molecule has 1 aromatic carbocycles. The van der Waals surface area contributed by atoms with E-state index in [1.165, 1.54) is 47.5 Å². The minimum Gasteiger partial charge on any atom is -0.462 e. The Bertz CT molecular complexity index is 2440. The van der Waals surface area contributed by atoms with Crippen molar-refractivity contribution in [1.82, 2.24) is 14.7 Å². The van der Waals surface area contributed by atoms with Crippen molar-refractivity contribution in [2.75, 3.05) is 44.9 Å². The van der Waals surface area contributed by atoms with Crippen molar-refractivity contribution in [1.29, 1.82) is 0 Å². The molecule has 6 amide bonds. The minimum absolute atomic E-state index is 0.00892. The molecule has 9 atom stereocenters. The lowest BCUT2D eigenvalue weighted by Crippen LogP contribution is -2.53. The maximum absolute atomic E-state index is 14.3. The smallest absolute Gasteiger partial charge is 0.328 e. The summed E-state index contributed by atoms with van der Waals surface area (Å²) in [4.78, 5) is 124. The Hall–Kier alpha value is -4.95. The van der Waals surface area contributed by atoms with E-state index in [4.69, 9.17) is 30.5 Å². The predicted molar refractivity (Wildman–Crippen MR) is 269 cm³/mol. The molecule has 1 aliphatic carbocycles. The number of anilines is 1. The van der Waals surface area contributed by atoms with Gasteiger partial charge in [0.15, 0.2) is 5.78 Å². The van der Waals surface area contributed by atoms with Crippen LogP contribution < -0.4 is 4.90 Å². The number of allylic oxidation sites excluding steroid dienone is 3. The summed E-state index contributed by atoms with van der Waals surface area (Å²) >= 11 is 8.03. The highest BCUT2D eigenvalue weighted by Gasteiger charge is 2.64. The Morgan fingerprint density at radius 1 is 0.986 bits per heavy atom. The summed E-state index contributed by atoms with van der Waals surface area (Å²) in [5.74, 6) is -4.35. The average Bonchev–Trinajstić information content (AvgIpc) is 3.85. The summed E-state index contributed by atoms with van der Waals surface area (Å²) in [6.45, 7) is 8.83. The second-order valence-electron chi connectivity index (χ2n) is 21.0. The molecule has 5 aliphatic heterocycles. The van der Waals surface area contributed by atoms with Crippen molar-refractivity contribution < 1.29 is 67.2 Å². The number of imide groups is 2. The number of epoxide rings is 1.